The molecule has 0 aliphatic carbocycles. The number of H-pyrrole nitrogens is 1. The summed E-state index contributed by atoms with van der Waals surface area (Å²) in [6.07, 6.45) is 0. The fourth-order valence-electron chi connectivity index (χ4n) is 3.43. The minimum atomic E-state index is -0.127. The molecule has 5 nitrogen and oxygen atoms in total. The van der Waals surface area contributed by atoms with Crippen LogP contribution in [0.15, 0.2) is 29.1 Å². The van der Waals surface area contributed by atoms with Gasteiger partial charge in [0.05, 0.1) is 10.3 Å². The quantitative estimate of drug-likeness (QED) is 0.769. The Morgan fingerprint density at radius 1 is 1.16 bits per heavy atom. The second-order valence-electron chi connectivity index (χ2n) is 6.58. The number of nitrogens with one attached hydrogen (secondary N) is 1. The molecule has 0 bridgehead atoms. The number of amides is 1. The Morgan fingerprint density at radius 2 is 1.92 bits per heavy atom. The summed E-state index contributed by atoms with van der Waals surface area (Å²) in [7, 11) is 0. The fourth-order valence-corrected chi connectivity index (χ4v) is 4.59. The van der Waals surface area contributed by atoms with Gasteiger partial charge >= 0.3 is 0 Å². The maximum atomic E-state index is 12.9. The molecule has 3 heterocycles. The van der Waals surface area contributed by atoms with Crippen molar-refractivity contribution in [1.29, 1.82) is 0 Å². The van der Waals surface area contributed by atoms with Crippen LogP contribution in [0.25, 0.3) is 21.0 Å². The number of benzene rings is 1. The van der Waals surface area contributed by atoms with E-state index in [0.29, 0.717) is 10.3 Å². The van der Waals surface area contributed by atoms with E-state index >= 15 is 0 Å². The summed E-state index contributed by atoms with van der Waals surface area (Å²) in [5.74, 6) is 0.0390. The minimum Gasteiger partial charge on any atom is -0.335 e. The number of aromatic nitrogens is 1. The van der Waals surface area contributed by atoms with Crippen LogP contribution in [-0.4, -0.2) is 53.4 Å². The van der Waals surface area contributed by atoms with Crippen LogP contribution in [0.2, 0.25) is 0 Å². The fraction of sp³-hybridized carbons (Fsp3) is 0.368. The topological polar surface area (TPSA) is 56.4 Å². The highest BCUT2D eigenvalue weighted by atomic mass is 32.1. The number of nitrogens with zero attached hydrogens (tertiary/aromatic N) is 2. The van der Waals surface area contributed by atoms with Crippen LogP contribution in [-0.2, 0) is 0 Å². The summed E-state index contributed by atoms with van der Waals surface area (Å²) in [5.41, 5.74) is 1.83. The smallest absolute Gasteiger partial charge is 0.264 e. The van der Waals surface area contributed by atoms with Crippen LogP contribution >= 0.6 is 11.3 Å². The average Bonchev–Trinajstić information content (AvgIpc) is 3.08. The minimum absolute atomic E-state index is 0.0390. The molecular weight excluding hydrogens is 334 g/mol. The number of rotatable bonds is 2. The Labute approximate surface area is 149 Å². The summed E-state index contributed by atoms with van der Waals surface area (Å²) in [5, 5.41) is 1.62. The monoisotopic (exact) mass is 355 g/mol. The number of hydrogen-bond acceptors (Lipinski definition) is 4. The Hall–Kier alpha value is -2.18. The van der Waals surface area contributed by atoms with Crippen molar-refractivity contribution in [2.45, 2.75) is 13.8 Å². The normalized spacial score (nSPS) is 16.0. The summed E-state index contributed by atoms with van der Waals surface area (Å²) in [6, 6.07) is 7.74. The number of thiophene rings is 1. The predicted molar refractivity (Wildman–Crippen MR) is 103 cm³/mol. The third-order valence-corrected chi connectivity index (χ3v) is 6.12. The Bertz CT molecular complexity index is 1010. The highest BCUT2D eigenvalue weighted by Gasteiger charge is 2.23. The maximum absolute atomic E-state index is 12.9. The van der Waals surface area contributed by atoms with Gasteiger partial charge in [-0.05, 0) is 31.7 Å². The zero-order chi connectivity index (χ0) is 17.6. The molecule has 4 rings (SSSR count). The van der Waals surface area contributed by atoms with Crippen LogP contribution in [0.1, 0.15) is 22.2 Å². The second-order valence-corrected chi connectivity index (χ2v) is 7.64. The molecule has 130 valence electrons. The predicted octanol–water partition coefficient (Wildman–Crippen LogP) is 2.83. The van der Waals surface area contributed by atoms with Gasteiger partial charge in [0.15, 0.2) is 0 Å². The number of likely N-dealkylation sites (N-methyl/N-ethyl adjacent to an activating group) is 1. The van der Waals surface area contributed by atoms with Crippen molar-refractivity contribution >= 4 is 38.2 Å². The molecule has 0 unspecified atom stereocenters. The van der Waals surface area contributed by atoms with Crippen molar-refractivity contribution in [3.8, 4) is 0 Å². The Balaban J connectivity index is 1.75. The van der Waals surface area contributed by atoms with Crippen molar-refractivity contribution in [2.75, 3.05) is 32.7 Å². The molecule has 0 radical (unpaired) electrons. The van der Waals surface area contributed by atoms with Crippen molar-refractivity contribution in [3.05, 3.63) is 45.1 Å². The number of carbonyl (C=O) groups is 1. The van der Waals surface area contributed by atoms with Gasteiger partial charge in [0.25, 0.3) is 11.5 Å². The molecule has 1 aliphatic rings. The molecule has 2 aromatic heterocycles. The second kappa shape index (κ2) is 6.28. The molecule has 6 heteroatoms. The van der Waals surface area contributed by atoms with Gasteiger partial charge in [0.2, 0.25) is 0 Å². The summed E-state index contributed by atoms with van der Waals surface area (Å²) in [6.45, 7) is 8.51. The first kappa shape index (κ1) is 16.3. The number of aryl methyl sites for hydroxylation is 1. The average molecular weight is 355 g/mol. The zero-order valence-electron chi connectivity index (χ0n) is 14.5. The molecule has 1 amide bonds. The van der Waals surface area contributed by atoms with Gasteiger partial charge in [-0.15, -0.1) is 11.3 Å². The highest BCUT2D eigenvalue weighted by molar-refractivity contribution is 7.21. The molecule has 1 aliphatic heterocycles. The SMILES string of the molecule is CCN1CCN(C(=O)c2cc3c(=O)[nH]c4ccc(C)cc4c3s2)CC1. The van der Waals surface area contributed by atoms with Crippen LogP contribution in [0.3, 0.4) is 0 Å². The van der Waals surface area contributed by atoms with Gasteiger partial charge < -0.3 is 14.8 Å². The van der Waals surface area contributed by atoms with Gasteiger partial charge in [-0.2, -0.15) is 0 Å². The zero-order valence-corrected chi connectivity index (χ0v) is 15.3. The lowest BCUT2D eigenvalue weighted by Gasteiger charge is -2.33. The first-order chi connectivity index (χ1) is 12.1. The number of pyridine rings is 1. The van der Waals surface area contributed by atoms with Crippen LogP contribution in [0, 0.1) is 6.92 Å². The van der Waals surface area contributed by atoms with Gasteiger partial charge in [0.1, 0.15) is 0 Å². The van der Waals surface area contributed by atoms with E-state index < -0.39 is 0 Å². The Kier molecular flexibility index (Phi) is 4.09. The maximum Gasteiger partial charge on any atom is 0.264 e. The molecule has 1 fully saturated rings. The number of fused-ring (bicyclic) bond motifs is 3. The first-order valence-electron chi connectivity index (χ1n) is 8.64. The van der Waals surface area contributed by atoms with E-state index in [1.165, 1.54) is 11.3 Å². The van der Waals surface area contributed by atoms with Crippen molar-refractivity contribution in [1.82, 2.24) is 14.8 Å². The number of hydrogen-bond donors (Lipinski definition) is 1. The molecule has 0 spiro atoms. The van der Waals surface area contributed by atoms with Crippen LogP contribution < -0.4 is 5.56 Å². The molecule has 0 saturated carbocycles. The van der Waals surface area contributed by atoms with Crippen molar-refractivity contribution in [3.63, 3.8) is 0 Å². The van der Waals surface area contributed by atoms with Gasteiger partial charge in [0, 0.05) is 41.8 Å². The van der Waals surface area contributed by atoms with E-state index in [1.807, 2.05) is 24.0 Å². The molecule has 1 N–H and O–H groups in total. The lowest BCUT2D eigenvalue weighted by molar-refractivity contribution is 0.0648. The number of piperazine rings is 1. The first-order valence-corrected chi connectivity index (χ1v) is 9.46. The largest absolute Gasteiger partial charge is 0.335 e. The molecule has 1 aromatic carbocycles. The van der Waals surface area contributed by atoms with E-state index in [-0.39, 0.29) is 11.5 Å². The molecule has 0 atom stereocenters. The highest BCUT2D eigenvalue weighted by Crippen LogP contribution is 2.31. The molecule has 25 heavy (non-hydrogen) atoms. The summed E-state index contributed by atoms with van der Waals surface area (Å²) < 4.78 is 0.901. The Morgan fingerprint density at radius 3 is 2.64 bits per heavy atom. The molecule has 1 saturated heterocycles. The van der Waals surface area contributed by atoms with Gasteiger partial charge in [-0.25, -0.2) is 0 Å². The van der Waals surface area contributed by atoms with Crippen molar-refractivity contribution < 1.29 is 4.79 Å². The molecular formula is C19H21N3O2S. The van der Waals surface area contributed by atoms with E-state index in [2.05, 4.69) is 22.9 Å². The summed E-state index contributed by atoms with van der Waals surface area (Å²) >= 11 is 1.43. The van der Waals surface area contributed by atoms with E-state index in [4.69, 9.17) is 0 Å². The molecule has 3 aromatic rings. The van der Waals surface area contributed by atoms with E-state index in [9.17, 15) is 9.59 Å². The number of carbonyl (C=O) groups excluding carboxylic acids is 1. The van der Waals surface area contributed by atoms with Gasteiger partial charge in [-0.1, -0.05) is 18.6 Å². The third kappa shape index (κ3) is 2.85. The van der Waals surface area contributed by atoms with E-state index in [0.717, 1.165) is 53.9 Å². The van der Waals surface area contributed by atoms with Gasteiger partial charge in [-0.3, -0.25) is 9.59 Å². The standard InChI is InChI=1S/C19H21N3O2S/c1-3-21-6-8-22(9-7-21)19(24)16-11-14-17(25-16)13-10-12(2)4-5-15(13)20-18(14)23/h4-5,10-11H,3,6-9H2,1-2H3,(H,20,23). The van der Waals surface area contributed by atoms with Crippen molar-refractivity contribution in [2.24, 2.45) is 0 Å². The lowest BCUT2D eigenvalue weighted by Crippen LogP contribution is -2.48. The van der Waals surface area contributed by atoms with Crippen LogP contribution in [0.5, 0.6) is 0 Å². The third-order valence-electron chi connectivity index (χ3n) is 4.96. The number of aromatic amines is 1. The van der Waals surface area contributed by atoms with E-state index in [1.54, 1.807) is 6.07 Å². The summed E-state index contributed by atoms with van der Waals surface area (Å²) in [4.78, 5) is 33.1. The lowest BCUT2D eigenvalue weighted by atomic mass is 10.1. The van der Waals surface area contributed by atoms with Crippen LogP contribution in [0.4, 0.5) is 0 Å².